The van der Waals surface area contributed by atoms with Crippen LogP contribution in [0.5, 0.6) is 0 Å². The van der Waals surface area contributed by atoms with E-state index in [0.29, 0.717) is 5.56 Å². The number of halogens is 1. The number of nitrogens with one attached hydrogen (secondary N) is 2. The molecule has 6 heteroatoms. The lowest BCUT2D eigenvalue weighted by molar-refractivity contribution is -0.125. The molecule has 0 saturated carbocycles. The Morgan fingerprint density at radius 3 is 2.48 bits per heavy atom. The minimum atomic E-state index is -0.324. The van der Waals surface area contributed by atoms with E-state index >= 15 is 0 Å². The molecule has 0 aliphatic carbocycles. The summed E-state index contributed by atoms with van der Waals surface area (Å²) in [5.41, 5.74) is 5.04. The van der Waals surface area contributed by atoms with Crippen LogP contribution in [-0.4, -0.2) is 22.9 Å². The molecule has 0 bridgehead atoms. The standard InChI is InChI=1S/C27H30FN3O2/c1-15(2)31-14-17(4)25-22(11-20(12-24(25)31)19-6-8-21(28)9-7-19)26(32)29-13-23-16(3)10-18(5)30-27(23)33/h6-12,14-16,23H,13H2,1-5H3,(H,29,32)(H,30,33). The monoisotopic (exact) mass is 447 g/mol. The summed E-state index contributed by atoms with van der Waals surface area (Å²) >= 11 is 0. The Labute approximate surface area is 193 Å². The maximum atomic E-state index is 13.5. The molecule has 3 aromatic rings. The highest BCUT2D eigenvalue weighted by Gasteiger charge is 2.29. The Balaban J connectivity index is 1.74. The Hall–Kier alpha value is -3.41. The Morgan fingerprint density at radius 2 is 1.85 bits per heavy atom. The van der Waals surface area contributed by atoms with Crippen LogP contribution in [0.4, 0.5) is 4.39 Å². The van der Waals surface area contributed by atoms with Crippen LogP contribution in [0, 0.1) is 24.6 Å². The number of carbonyl (C=O) groups excluding carboxylic acids is 2. The fourth-order valence-electron chi connectivity index (χ4n) is 4.66. The van der Waals surface area contributed by atoms with Crippen molar-refractivity contribution >= 4 is 22.7 Å². The van der Waals surface area contributed by atoms with Crippen LogP contribution in [0.3, 0.4) is 0 Å². The van der Waals surface area contributed by atoms with Gasteiger partial charge in [0.05, 0.1) is 5.92 Å². The van der Waals surface area contributed by atoms with Crippen LogP contribution in [-0.2, 0) is 4.79 Å². The van der Waals surface area contributed by atoms with Crippen molar-refractivity contribution in [1.29, 1.82) is 0 Å². The molecule has 2 heterocycles. The van der Waals surface area contributed by atoms with E-state index in [9.17, 15) is 14.0 Å². The minimum Gasteiger partial charge on any atom is -0.351 e. The molecule has 2 N–H and O–H groups in total. The van der Waals surface area contributed by atoms with Crippen LogP contribution >= 0.6 is 0 Å². The quantitative estimate of drug-likeness (QED) is 0.554. The Kier molecular flexibility index (Phi) is 6.11. The zero-order chi connectivity index (χ0) is 23.9. The van der Waals surface area contributed by atoms with Gasteiger partial charge in [0.25, 0.3) is 5.91 Å². The van der Waals surface area contributed by atoms with Gasteiger partial charge in [0.1, 0.15) is 5.82 Å². The predicted molar refractivity (Wildman–Crippen MR) is 129 cm³/mol. The third-order valence-electron chi connectivity index (χ3n) is 6.39. The molecule has 2 aromatic carbocycles. The summed E-state index contributed by atoms with van der Waals surface area (Å²) in [4.78, 5) is 25.9. The molecule has 1 aliphatic heterocycles. The van der Waals surface area contributed by atoms with Gasteiger partial charge in [-0.15, -0.1) is 0 Å². The van der Waals surface area contributed by atoms with Gasteiger partial charge in [0, 0.05) is 40.9 Å². The Bertz CT molecular complexity index is 1250. The highest BCUT2D eigenvalue weighted by atomic mass is 19.1. The molecule has 33 heavy (non-hydrogen) atoms. The van der Waals surface area contributed by atoms with Gasteiger partial charge in [-0.1, -0.05) is 25.1 Å². The van der Waals surface area contributed by atoms with Crippen LogP contribution in [0.15, 0.2) is 54.4 Å². The van der Waals surface area contributed by atoms with Gasteiger partial charge in [-0.3, -0.25) is 9.59 Å². The molecule has 2 atom stereocenters. The van der Waals surface area contributed by atoms with Crippen molar-refractivity contribution in [3.63, 3.8) is 0 Å². The second-order valence-electron chi connectivity index (χ2n) is 9.25. The fraction of sp³-hybridized carbons (Fsp3) is 0.333. The van der Waals surface area contributed by atoms with Gasteiger partial charge >= 0.3 is 0 Å². The second-order valence-corrected chi connectivity index (χ2v) is 9.25. The van der Waals surface area contributed by atoms with E-state index < -0.39 is 0 Å². The third kappa shape index (κ3) is 4.42. The summed E-state index contributed by atoms with van der Waals surface area (Å²) in [6.45, 7) is 10.3. The van der Waals surface area contributed by atoms with E-state index in [1.807, 2.05) is 32.9 Å². The summed E-state index contributed by atoms with van der Waals surface area (Å²) in [5.74, 6) is -0.887. The van der Waals surface area contributed by atoms with Gasteiger partial charge in [0.2, 0.25) is 5.91 Å². The molecule has 0 radical (unpaired) electrons. The lowest BCUT2D eigenvalue weighted by Gasteiger charge is -2.26. The number of nitrogens with zero attached hydrogens (tertiary/aromatic N) is 1. The van der Waals surface area contributed by atoms with Crippen LogP contribution < -0.4 is 10.6 Å². The van der Waals surface area contributed by atoms with Gasteiger partial charge in [-0.25, -0.2) is 4.39 Å². The highest BCUT2D eigenvalue weighted by molar-refractivity contribution is 6.09. The van der Waals surface area contributed by atoms with E-state index in [1.165, 1.54) is 12.1 Å². The number of allylic oxidation sites excluding steroid dienone is 2. The van der Waals surface area contributed by atoms with Crippen molar-refractivity contribution in [2.45, 2.75) is 40.7 Å². The van der Waals surface area contributed by atoms with E-state index in [2.05, 4.69) is 41.3 Å². The van der Waals surface area contributed by atoms with E-state index in [4.69, 9.17) is 0 Å². The van der Waals surface area contributed by atoms with Crippen molar-refractivity contribution < 1.29 is 14.0 Å². The Morgan fingerprint density at radius 1 is 1.15 bits per heavy atom. The van der Waals surface area contributed by atoms with Gasteiger partial charge < -0.3 is 15.2 Å². The number of benzene rings is 2. The fourth-order valence-corrected chi connectivity index (χ4v) is 4.66. The average Bonchev–Trinajstić information content (AvgIpc) is 3.09. The van der Waals surface area contributed by atoms with Crippen molar-refractivity contribution in [3.05, 3.63) is 71.3 Å². The van der Waals surface area contributed by atoms with Gasteiger partial charge in [-0.05, 0) is 74.6 Å². The average molecular weight is 448 g/mol. The first-order valence-corrected chi connectivity index (χ1v) is 11.3. The number of aryl methyl sites for hydroxylation is 1. The molecule has 5 nitrogen and oxygen atoms in total. The molecule has 0 fully saturated rings. The normalized spacial score (nSPS) is 18.4. The number of fused-ring (bicyclic) bond motifs is 1. The predicted octanol–water partition coefficient (Wildman–Crippen LogP) is 5.35. The summed E-state index contributed by atoms with van der Waals surface area (Å²) in [6, 6.07) is 10.4. The van der Waals surface area contributed by atoms with E-state index in [1.54, 1.807) is 12.1 Å². The maximum absolute atomic E-state index is 13.5. The van der Waals surface area contributed by atoms with E-state index in [0.717, 1.165) is 33.3 Å². The highest BCUT2D eigenvalue weighted by Crippen LogP contribution is 2.33. The lowest BCUT2D eigenvalue weighted by Crippen LogP contribution is -2.43. The zero-order valence-electron chi connectivity index (χ0n) is 19.7. The number of amides is 2. The molecule has 172 valence electrons. The molecule has 1 aliphatic rings. The molecule has 2 unspecified atom stereocenters. The first-order valence-electron chi connectivity index (χ1n) is 11.3. The largest absolute Gasteiger partial charge is 0.351 e. The molecule has 2 amide bonds. The number of hydrogen-bond donors (Lipinski definition) is 2. The van der Waals surface area contributed by atoms with Gasteiger partial charge in [-0.2, -0.15) is 0 Å². The molecule has 1 aromatic heterocycles. The van der Waals surface area contributed by atoms with Crippen molar-refractivity contribution in [2.75, 3.05) is 6.54 Å². The third-order valence-corrected chi connectivity index (χ3v) is 6.39. The maximum Gasteiger partial charge on any atom is 0.252 e. The van der Waals surface area contributed by atoms with Crippen molar-refractivity contribution in [3.8, 4) is 11.1 Å². The van der Waals surface area contributed by atoms with Crippen molar-refractivity contribution in [1.82, 2.24) is 15.2 Å². The molecular weight excluding hydrogens is 417 g/mol. The van der Waals surface area contributed by atoms with Crippen LogP contribution in [0.2, 0.25) is 0 Å². The smallest absolute Gasteiger partial charge is 0.252 e. The lowest BCUT2D eigenvalue weighted by atomic mass is 9.89. The summed E-state index contributed by atoms with van der Waals surface area (Å²) in [7, 11) is 0. The molecule has 4 rings (SSSR count). The summed E-state index contributed by atoms with van der Waals surface area (Å²) in [5, 5.41) is 6.73. The second kappa shape index (κ2) is 8.85. The van der Waals surface area contributed by atoms with Gasteiger partial charge in [0.15, 0.2) is 0 Å². The minimum absolute atomic E-state index is 0.0355. The van der Waals surface area contributed by atoms with Crippen LogP contribution in [0.1, 0.15) is 49.7 Å². The summed E-state index contributed by atoms with van der Waals surface area (Å²) < 4.78 is 15.6. The molecule has 0 spiro atoms. The number of aromatic nitrogens is 1. The number of rotatable bonds is 5. The first kappa shape index (κ1) is 22.8. The van der Waals surface area contributed by atoms with Crippen LogP contribution in [0.25, 0.3) is 22.0 Å². The van der Waals surface area contributed by atoms with Crippen molar-refractivity contribution in [2.24, 2.45) is 11.8 Å². The zero-order valence-corrected chi connectivity index (χ0v) is 19.7. The molecule has 0 saturated heterocycles. The number of hydrogen-bond acceptors (Lipinski definition) is 2. The molecular formula is C27H30FN3O2. The number of carbonyl (C=O) groups is 2. The summed E-state index contributed by atoms with van der Waals surface area (Å²) in [6.07, 6.45) is 4.07. The topological polar surface area (TPSA) is 63.1 Å². The SMILES string of the molecule is CC1=CC(C)C(CNC(=O)c2cc(-c3ccc(F)cc3)cc3c2c(C)cn3C(C)C)C(=O)N1. The first-order chi connectivity index (χ1) is 15.7. The van der Waals surface area contributed by atoms with E-state index in [-0.39, 0.29) is 42.1 Å².